The third-order valence-electron chi connectivity index (χ3n) is 4.34. The zero-order valence-electron chi connectivity index (χ0n) is 11.8. The second-order valence-electron chi connectivity index (χ2n) is 5.26. The van der Waals surface area contributed by atoms with Crippen LogP contribution in [0.15, 0.2) is 0 Å². The van der Waals surface area contributed by atoms with Crippen molar-refractivity contribution in [1.29, 1.82) is 0 Å². The molecule has 3 nitrogen and oxygen atoms in total. The average molecular weight is 240 g/mol. The van der Waals surface area contributed by atoms with Gasteiger partial charge in [0.25, 0.3) is 0 Å². The number of rotatable bonds is 5. The molecule has 0 unspecified atom stereocenters. The molecule has 1 amide bonds. The van der Waals surface area contributed by atoms with Crippen LogP contribution in [0.25, 0.3) is 0 Å². The number of hydrogen-bond donors (Lipinski definition) is 1. The maximum atomic E-state index is 12.3. The Labute approximate surface area is 106 Å². The predicted octanol–water partition coefficient (Wildman–Crippen LogP) is 2.41. The largest absolute Gasteiger partial charge is 0.343 e. The molecule has 0 heterocycles. The summed E-state index contributed by atoms with van der Waals surface area (Å²) in [5, 5.41) is 3.33. The average Bonchev–Trinajstić information content (AvgIpc) is 2.39. The Balaban J connectivity index is 2.47. The second kappa shape index (κ2) is 7.00. The molecule has 0 bridgehead atoms. The molecule has 1 N–H and O–H groups in total. The molecule has 0 spiro atoms. The molecule has 1 aliphatic carbocycles. The number of carbonyl (C=O) groups excluding carboxylic acids is 1. The lowest BCUT2D eigenvalue weighted by atomic mass is 9.89. The Morgan fingerprint density at radius 3 is 2.18 bits per heavy atom. The molecule has 0 saturated heterocycles. The van der Waals surface area contributed by atoms with Gasteiger partial charge in [-0.2, -0.15) is 0 Å². The van der Waals surface area contributed by atoms with Gasteiger partial charge in [-0.3, -0.25) is 4.79 Å². The monoisotopic (exact) mass is 240 g/mol. The number of hydrogen-bond acceptors (Lipinski definition) is 2. The van der Waals surface area contributed by atoms with Crippen LogP contribution >= 0.6 is 0 Å². The van der Waals surface area contributed by atoms with Gasteiger partial charge in [0.2, 0.25) is 5.91 Å². The standard InChI is InChI=1S/C14H28N2O/c1-5-11(6-2)14(17)16(4)13-9-7-12(15-3)8-10-13/h11-13,15H,5-10H2,1-4H3. The first-order valence-corrected chi connectivity index (χ1v) is 7.07. The molecule has 17 heavy (non-hydrogen) atoms. The van der Waals surface area contributed by atoms with E-state index >= 15 is 0 Å². The molecule has 3 heteroatoms. The van der Waals surface area contributed by atoms with Gasteiger partial charge in [0.05, 0.1) is 0 Å². The summed E-state index contributed by atoms with van der Waals surface area (Å²) < 4.78 is 0. The van der Waals surface area contributed by atoms with Crippen molar-refractivity contribution in [3.63, 3.8) is 0 Å². The Bertz CT molecular complexity index is 230. The number of carbonyl (C=O) groups is 1. The highest BCUT2D eigenvalue weighted by atomic mass is 16.2. The van der Waals surface area contributed by atoms with E-state index in [-0.39, 0.29) is 5.92 Å². The van der Waals surface area contributed by atoms with E-state index in [9.17, 15) is 4.79 Å². The quantitative estimate of drug-likeness (QED) is 0.800. The van der Waals surface area contributed by atoms with Crippen molar-refractivity contribution >= 4 is 5.91 Å². The van der Waals surface area contributed by atoms with Crippen LogP contribution in [0.5, 0.6) is 0 Å². The first-order valence-electron chi connectivity index (χ1n) is 7.07. The van der Waals surface area contributed by atoms with Gasteiger partial charge in [-0.15, -0.1) is 0 Å². The van der Waals surface area contributed by atoms with Crippen molar-refractivity contribution in [3.8, 4) is 0 Å². The molecule has 0 radical (unpaired) electrons. The van der Waals surface area contributed by atoms with Gasteiger partial charge in [-0.25, -0.2) is 0 Å². The van der Waals surface area contributed by atoms with Crippen LogP contribution in [0.2, 0.25) is 0 Å². The van der Waals surface area contributed by atoms with Crippen LogP contribution in [0.3, 0.4) is 0 Å². The third kappa shape index (κ3) is 3.70. The minimum atomic E-state index is 0.224. The maximum Gasteiger partial charge on any atom is 0.225 e. The van der Waals surface area contributed by atoms with E-state index in [4.69, 9.17) is 0 Å². The van der Waals surface area contributed by atoms with Crippen LogP contribution in [0, 0.1) is 5.92 Å². The molecule has 1 fully saturated rings. The summed E-state index contributed by atoms with van der Waals surface area (Å²) >= 11 is 0. The Morgan fingerprint density at radius 1 is 1.24 bits per heavy atom. The molecule has 0 aromatic heterocycles. The minimum absolute atomic E-state index is 0.224. The smallest absolute Gasteiger partial charge is 0.225 e. The fraction of sp³-hybridized carbons (Fsp3) is 0.929. The number of nitrogens with zero attached hydrogens (tertiary/aromatic N) is 1. The Morgan fingerprint density at radius 2 is 1.76 bits per heavy atom. The topological polar surface area (TPSA) is 32.3 Å². The Hall–Kier alpha value is -0.570. The predicted molar refractivity (Wildman–Crippen MR) is 71.9 cm³/mol. The van der Waals surface area contributed by atoms with Crippen molar-refractivity contribution in [3.05, 3.63) is 0 Å². The highest BCUT2D eigenvalue weighted by Crippen LogP contribution is 2.24. The molecular formula is C14H28N2O. The molecular weight excluding hydrogens is 212 g/mol. The van der Waals surface area contributed by atoms with Gasteiger partial charge in [0.1, 0.15) is 0 Å². The summed E-state index contributed by atoms with van der Waals surface area (Å²) in [6, 6.07) is 1.12. The van der Waals surface area contributed by atoms with Crippen molar-refractivity contribution in [1.82, 2.24) is 10.2 Å². The lowest BCUT2D eigenvalue weighted by Gasteiger charge is -2.36. The fourth-order valence-corrected chi connectivity index (χ4v) is 2.86. The normalized spacial score (nSPS) is 25.0. The van der Waals surface area contributed by atoms with Gasteiger partial charge in [-0.1, -0.05) is 13.8 Å². The van der Waals surface area contributed by atoms with Gasteiger partial charge in [-0.05, 0) is 45.6 Å². The first-order chi connectivity index (χ1) is 8.13. The first kappa shape index (κ1) is 14.5. The molecule has 0 aromatic carbocycles. The van der Waals surface area contributed by atoms with Crippen molar-refractivity contribution in [2.45, 2.75) is 64.5 Å². The summed E-state index contributed by atoms with van der Waals surface area (Å²) in [7, 11) is 4.02. The van der Waals surface area contributed by atoms with Gasteiger partial charge in [0, 0.05) is 25.0 Å². The molecule has 1 aliphatic rings. The van der Waals surface area contributed by atoms with Crippen LogP contribution in [0.1, 0.15) is 52.4 Å². The highest BCUT2D eigenvalue weighted by Gasteiger charge is 2.28. The lowest BCUT2D eigenvalue weighted by molar-refractivity contribution is -0.137. The van der Waals surface area contributed by atoms with E-state index in [1.165, 1.54) is 12.8 Å². The molecule has 100 valence electrons. The highest BCUT2D eigenvalue weighted by molar-refractivity contribution is 5.78. The van der Waals surface area contributed by atoms with E-state index < -0.39 is 0 Å². The fourth-order valence-electron chi connectivity index (χ4n) is 2.86. The molecule has 0 aliphatic heterocycles. The van der Waals surface area contributed by atoms with E-state index in [2.05, 4.69) is 19.2 Å². The van der Waals surface area contributed by atoms with Gasteiger partial charge >= 0.3 is 0 Å². The van der Waals surface area contributed by atoms with E-state index in [0.29, 0.717) is 18.0 Å². The lowest BCUT2D eigenvalue weighted by Crippen LogP contribution is -2.44. The summed E-state index contributed by atoms with van der Waals surface area (Å²) in [4.78, 5) is 14.3. The maximum absolute atomic E-state index is 12.3. The van der Waals surface area contributed by atoms with Crippen LogP contribution in [-0.2, 0) is 4.79 Å². The molecule has 1 rings (SSSR count). The number of amides is 1. The zero-order valence-corrected chi connectivity index (χ0v) is 11.8. The Kier molecular flexibility index (Phi) is 5.96. The second-order valence-corrected chi connectivity index (χ2v) is 5.26. The van der Waals surface area contributed by atoms with Gasteiger partial charge in [0.15, 0.2) is 0 Å². The third-order valence-corrected chi connectivity index (χ3v) is 4.34. The SMILES string of the molecule is CCC(CC)C(=O)N(C)C1CCC(NC)CC1. The molecule has 1 saturated carbocycles. The molecule has 0 atom stereocenters. The van der Waals surface area contributed by atoms with Gasteiger partial charge < -0.3 is 10.2 Å². The van der Waals surface area contributed by atoms with Crippen molar-refractivity contribution < 1.29 is 4.79 Å². The van der Waals surface area contributed by atoms with E-state index in [0.717, 1.165) is 25.7 Å². The zero-order chi connectivity index (χ0) is 12.8. The number of nitrogens with one attached hydrogen (secondary N) is 1. The summed E-state index contributed by atoms with van der Waals surface area (Å²) in [6.45, 7) is 4.22. The van der Waals surface area contributed by atoms with E-state index in [1.54, 1.807) is 0 Å². The van der Waals surface area contributed by atoms with Crippen molar-refractivity contribution in [2.75, 3.05) is 14.1 Å². The van der Waals surface area contributed by atoms with Crippen molar-refractivity contribution in [2.24, 2.45) is 5.92 Å². The minimum Gasteiger partial charge on any atom is -0.343 e. The van der Waals surface area contributed by atoms with Crippen LogP contribution in [-0.4, -0.2) is 37.0 Å². The summed E-state index contributed by atoms with van der Waals surface area (Å²) in [5.74, 6) is 0.574. The summed E-state index contributed by atoms with van der Waals surface area (Å²) in [5.41, 5.74) is 0. The molecule has 0 aromatic rings. The van der Waals surface area contributed by atoms with E-state index in [1.807, 2.05) is 19.0 Å². The summed E-state index contributed by atoms with van der Waals surface area (Å²) in [6.07, 6.45) is 6.61. The van der Waals surface area contributed by atoms with Crippen LogP contribution in [0.4, 0.5) is 0 Å². The van der Waals surface area contributed by atoms with Crippen LogP contribution < -0.4 is 5.32 Å².